The Morgan fingerprint density at radius 1 is 1.18 bits per heavy atom. The van der Waals surface area contributed by atoms with Gasteiger partial charge in [0.05, 0.1) is 0 Å². The normalized spacial score (nSPS) is 17.5. The molecule has 1 saturated carbocycles. The van der Waals surface area contributed by atoms with Gasteiger partial charge in [-0.05, 0) is 50.4 Å². The summed E-state index contributed by atoms with van der Waals surface area (Å²) in [7, 11) is 2.05. The lowest BCUT2D eigenvalue weighted by Crippen LogP contribution is -2.44. The van der Waals surface area contributed by atoms with Crippen LogP contribution in [0.3, 0.4) is 0 Å². The second-order valence-corrected chi connectivity index (χ2v) is 5.85. The third kappa shape index (κ3) is 3.17. The number of thioether (sulfide) groups is 1. The molecule has 94 valence electrons. The van der Waals surface area contributed by atoms with Crippen molar-refractivity contribution in [2.45, 2.75) is 24.2 Å². The Bertz CT molecular complexity index is 344. The molecular weight excluding hydrogens is 228 g/mol. The van der Waals surface area contributed by atoms with Crippen molar-refractivity contribution < 1.29 is 0 Å². The van der Waals surface area contributed by atoms with Crippen LogP contribution in [0.1, 0.15) is 19.3 Å². The summed E-state index contributed by atoms with van der Waals surface area (Å²) in [5.74, 6) is 0. The van der Waals surface area contributed by atoms with Gasteiger partial charge in [-0.2, -0.15) is 0 Å². The fourth-order valence-electron chi connectivity index (χ4n) is 2.47. The Balaban J connectivity index is 1.87. The summed E-state index contributed by atoms with van der Waals surface area (Å²) in [6, 6.07) is 8.71. The molecule has 0 bridgehead atoms. The summed E-state index contributed by atoms with van der Waals surface area (Å²) in [5, 5.41) is 6.90. The molecular formula is C14H22N2S. The molecule has 2 rings (SSSR count). The van der Waals surface area contributed by atoms with E-state index in [0.29, 0.717) is 5.41 Å². The number of benzene rings is 1. The Kier molecular flexibility index (Phi) is 4.35. The Morgan fingerprint density at radius 3 is 2.35 bits per heavy atom. The molecule has 1 aliphatic rings. The largest absolute Gasteiger partial charge is 0.384 e. The molecule has 0 heterocycles. The molecule has 1 aromatic rings. The minimum atomic E-state index is 0.493. The van der Waals surface area contributed by atoms with Crippen LogP contribution in [0, 0.1) is 5.41 Å². The lowest BCUT2D eigenvalue weighted by molar-refractivity contribution is 0.151. The molecule has 0 aromatic heterocycles. The Morgan fingerprint density at radius 2 is 1.88 bits per heavy atom. The van der Waals surface area contributed by atoms with Crippen molar-refractivity contribution in [3.05, 3.63) is 24.3 Å². The van der Waals surface area contributed by atoms with Crippen molar-refractivity contribution in [1.82, 2.24) is 5.32 Å². The van der Waals surface area contributed by atoms with Crippen LogP contribution < -0.4 is 10.6 Å². The van der Waals surface area contributed by atoms with Crippen molar-refractivity contribution in [2.75, 3.05) is 31.7 Å². The van der Waals surface area contributed by atoms with Gasteiger partial charge in [0.1, 0.15) is 0 Å². The van der Waals surface area contributed by atoms with Gasteiger partial charge < -0.3 is 10.6 Å². The van der Waals surface area contributed by atoms with E-state index in [1.807, 2.05) is 7.05 Å². The highest BCUT2D eigenvalue weighted by Crippen LogP contribution is 2.40. The summed E-state index contributed by atoms with van der Waals surface area (Å²) in [4.78, 5) is 1.32. The second-order valence-electron chi connectivity index (χ2n) is 4.97. The van der Waals surface area contributed by atoms with Crippen molar-refractivity contribution in [1.29, 1.82) is 0 Å². The fraction of sp³-hybridized carbons (Fsp3) is 0.571. The molecule has 0 spiro atoms. The molecule has 0 radical (unpaired) electrons. The maximum Gasteiger partial charge on any atom is 0.0341 e. The van der Waals surface area contributed by atoms with E-state index in [9.17, 15) is 0 Å². The van der Waals surface area contributed by atoms with Gasteiger partial charge in [0, 0.05) is 29.1 Å². The lowest BCUT2D eigenvalue weighted by Gasteiger charge is -2.42. The van der Waals surface area contributed by atoms with E-state index in [1.54, 1.807) is 11.8 Å². The van der Waals surface area contributed by atoms with Crippen LogP contribution in [-0.4, -0.2) is 26.4 Å². The lowest BCUT2D eigenvalue weighted by atomic mass is 9.68. The number of anilines is 1. The van der Waals surface area contributed by atoms with Crippen LogP contribution in [0.25, 0.3) is 0 Å². The molecule has 3 heteroatoms. The molecule has 17 heavy (non-hydrogen) atoms. The zero-order valence-electron chi connectivity index (χ0n) is 10.8. The van der Waals surface area contributed by atoms with Crippen LogP contribution in [0.4, 0.5) is 5.69 Å². The molecule has 2 N–H and O–H groups in total. The van der Waals surface area contributed by atoms with Crippen LogP contribution >= 0.6 is 11.8 Å². The summed E-state index contributed by atoms with van der Waals surface area (Å²) >= 11 is 1.79. The summed E-state index contributed by atoms with van der Waals surface area (Å²) in [6.07, 6.45) is 6.20. The minimum Gasteiger partial charge on any atom is -0.384 e. The Labute approximate surface area is 109 Å². The van der Waals surface area contributed by atoms with E-state index in [0.717, 1.165) is 13.1 Å². The molecule has 0 amide bonds. The first-order valence-electron chi connectivity index (χ1n) is 6.31. The predicted molar refractivity (Wildman–Crippen MR) is 76.9 cm³/mol. The predicted octanol–water partition coefficient (Wildman–Crippen LogP) is 3.21. The Hall–Kier alpha value is -0.670. The highest BCUT2D eigenvalue weighted by molar-refractivity contribution is 7.98. The fourth-order valence-corrected chi connectivity index (χ4v) is 2.87. The van der Waals surface area contributed by atoms with Crippen LogP contribution in [-0.2, 0) is 0 Å². The molecule has 2 nitrogen and oxygen atoms in total. The molecule has 1 fully saturated rings. The van der Waals surface area contributed by atoms with Gasteiger partial charge in [-0.25, -0.2) is 0 Å². The maximum absolute atomic E-state index is 3.57. The zero-order valence-corrected chi connectivity index (χ0v) is 11.6. The van der Waals surface area contributed by atoms with Gasteiger partial charge in [0.25, 0.3) is 0 Å². The second kappa shape index (κ2) is 5.78. The van der Waals surface area contributed by atoms with Crippen molar-refractivity contribution >= 4 is 17.4 Å². The molecule has 0 unspecified atom stereocenters. The summed E-state index contributed by atoms with van der Waals surface area (Å²) in [6.45, 7) is 2.22. The van der Waals surface area contributed by atoms with Gasteiger partial charge in [-0.1, -0.05) is 6.42 Å². The quantitative estimate of drug-likeness (QED) is 0.758. The minimum absolute atomic E-state index is 0.493. The third-order valence-electron chi connectivity index (χ3n) is 3.72. The van der Waals surface area contributed by atoms with Gasteiger partial charge in [-0.3, -0.25) is 0 Å². The van der Waals surface area contributed by atoms with E-state index in [-0.39, 0.29) is 0 Å². The third-order valence-corrected chi connectivity index (χ3v) is 4.47. The van der Waals surface area contributed by atoms with E-state index in [4.69, 9.17) is 0 Å². The average molecular weight is 250 g/mol. The van der Waals surface area contributed by atoms with Gasteiger partial charge in [-0.15, -0.1) is 11.8 Å². The molecule has 1 aliphatic carbocycles. The molecule has 0 atom stereocenters. The highest BCUT2D eigenvalue weighted by atomic mass is 32.2. The standard InChI is InChI=1S/C14H22N2S/c1-15-10-14(8-3-9-14)11-16-12-4-6-13(17-2)7-5-12/h4-7,15-16H,3,8-11H2,1-2H3. The molecule has 0 aliphatic heterocycles. The van der Waals surface area contributed by atoms with E-state index in [2.05, 4.69) is 41.2 Å². The van der Waals surface area contributed by atoms with Gasteiger partial charge in [0.2, 0.25) is 0 Å². The molecule has 1 aromatic carbocycles. The number of hydrogen-bond acceptors (Lipinski definition) is 3. The van der Waals surface area contributed by atoms with Gasteiger partial charge >= 0.3 is 0 Å². The first-order valence-corrected chi connectivity index (χ1v) is 7.53. The van der Waals surface area contributed by atoms with Crippen LogP contribution in [0.2, 0.25) is 0 Å². The van der Waals surface area contributed by atoms with Crippen molar-refractivity contribution in [3.8, 4) is 0 Å². The zero-order chi connectivity index (χ0) is 12.1. The van der Waals surface area contributed by atoms with Crippen LogP contribution in [0.15, 0.2) is 29.2 Å². The number of rotatable bonds is 6. The highest BCUT2D eigenvalue weighted by Gasteiger charge is 2.35. The summed E-state index contributed by atoms with van der Waals surface area (Å²) < 4.78 is 0. The van der Waals surface area contributed by atoms with E-state index in [1.165, 1.54) is 29.8 Å². The van der Waals surface area contributed by atoms with Crippen LogP contribution in [0.5, 0.6) is 0 Å². The van der Waals surface area contributed by atoms with Gasteiger partial charge in [0.15, 0.2) is 0 Å². The van der Waals surface area contributed by atoms with Crippen molar-refractivity contribution in [3.63, 3.8) is 0 Å². The summed E-state index contributed by atoms with van der Waals surface area (Å²) in [5.41, 5.74) is 1.73. The van der Waals surface area contributed by atoms with Crippen molar-refractivity contribution in [2.24, 2.45) is 5.41 Å². The number of hydrogen-bond donors (Lipinski definition) is 2. The SMILES string of the molecule is CNCC1(CNc2ccc(SC)cc2)CCC1. The maximum atomic E-state index is 3.57. The first kappa shape index (κ1) is 12.8. The smallest absolute Gasteiger partial charge is 0.0341 e. The number of nitrogens with one attached hydrogen (secondary N) is 2. The van der Waals surface area contributed by atoms with E-state index >= 15 is 0 Å². The average Bonchev–Trinajstić information content (AvgIpc) is 2.33. The molecule has 0 saturated heterocycles. The first-order chi connectivity index (χ1) is 8.28. The monoisotopic (exact) mass is 250 g/mol. The topological polar surface area (TPSA) is 24.1 Å². The van der Waals surface area contributed by atoms with E-state index < -0.39 is 0 Å².